The number of methoxy groups -OCH3 is 3. The minimum atomic E-state index is -0.107. The molecule has 0 aliphatic heterocycles. The van der Waals surface area contributed by atoms with Crippen molar-refractivity contribution < 1.29 is 28.5 Å². The van der Waals surface area contributed by atoms with Gasteiger partial charge in [-0.25, -0.2) is 0 Å². The van der Waals surface area contributed by atoms with E-state index < -0.39 is 0 Å². The van der Waals surface area contributed by atoms with Crippen molar-refractivity contribution in [2.75, 3.05) is 21.3 Å². The molecule has 1 aromatic heterocycles. The maximum atomic E-state index is 12.6. The second-order valence-corrected chi connectivity index (χ2v) is 6.48. The van der Waals surface area contributed by atoms with Gasteiger partial charge in [0.25, 0.3) is 0 Å². The molecule has 144 valence electrons. The largest absolute Gasteiger partial charge is 0.512 e. The number of Topliss-reactive ketones (excluding diaryl/α,β-unsaturated/α-hetero) is 1. The number of furan rings is 1. The summed E-state index contributed by atoms with van der Waals surface area (Å²) in [4.78, 5) is 12.6. The number of carbonyl (C=O) groups excluding carboxylic acids is 1. The van der Waals surface area contributed by atoms with Gasteiger partial charge >= 0.3 is 0 Å². The van der Waals surface area contributed by atoms with E-state index in [4.69, 9.17) is 18.6 Å². The molecule has 0 radical (unpaired) electrons. The smallest absolute Gasteiger partial charge is 0.167 e. The molecule has 0 amide bonds. The number of ether oxygens (including phenoxy) is 3. The number of rotatable bonds is 5. The highest BCUT2D eigenvalue weighted by molar-refractivity contribution is 6.27. The van der Waals surface area contributed by atoms with E-state index in [-0.39, 0.29) is 18.0 Å². The zero-order chi connectivity index (χ0) is 19.8. The van der Waals surface area contributed by atoms with Crippen LogP contribution in [0.15, 0.2) is 46.6 Å². The number of benzene rings is 2. The molecule has 1 N–H and O–H groups in total. The summed E-state index contributed by atoms with van der Waals surface area (Å²) >= 11 is 0. The molecule has 1 heterocycles. The van der Waals surface area contributed by atoms with Crippen molar-refractivity contribution in [3.63, 3.8) is 0 Å². The second-order valence-electron chi connectivity index (χ2n) is 6.48. The lowest BCUT2D eigenvalue weighted by Crippen LogP contribution is -1.98. The highest BCUT2D eigenvalue weighted by Crippen LogP contribution is 2.45. The molecular formula is C22H20O6. The Hall–Kier alpha value is -3.41. The lowest BCUT2D eigenvalue weighted by atomic mass is 9.97. The van der Waals surface area contributed by atoms with Crippen LogP contribution in [0.3, 0.4) is 0 Å². The molecule has 4 rings (SSSR count). The quantitative estimate of drug-likeness (QED) is 0.688. The molecule has 0 unspecified atom stereocenters. The fourth-order valence-corrected chi connectivity index (χ4v) is 3.54. The molecule has 6 heteroatoms. The van der Waals surface area contributed by atoms with Crippen LogP contribution in [0.4, 0.5) is 0 Å². The topological polar surface area (TPSA) is 78.1 Å². The lowest BCUT2D eigenvalue weighted by Gasteiger charge is -2.08. The van der Waals surface area contributed by atoms with Gasteiger partial charge in [0.2, 0.25) is 0 Å². The van der Waals surface area contributed by atoms with E-state index in [2.05, 4.69) is 0 Å². The summed E-state index contributed by atoms with van der Waals surface area (Å²) in [6.45, 7) is 0. The first-order valence-electron chi connectivity index (χ1n) is 8.86. The number of carbonyl (C=O) groups is 1. The van der Waals surface area contributed by atoms with Crippen LogP contribution in [0, 0.1) is 0 Å². The molecule has 3 aromatic rings. The predicted molar refractivity (Wildman–Crippen MR) is 105 cm³/mol. The Morgan fingerprint density at radius 2 is 1.61 bits per heavy atom. The Morgan fingerprint density at radius 3 is 2.18 bits per heavy atom. The minimum absolute atomic E-state index is 0.0808. The van der Waals surface area contributed by atoms with Crippen LogP contribution in [0.25, 0.3) is 27.9 Å². The molecule has 6 nitrogen and oxygen atoms in total. The van der Waals surface area contributed by atoms with Gasteiger partial charge in [0.15, 0.2) is 17.3 Å². The molecular weight excluding hydrogens is 360 g/mol. The summed E-state index contributed by atoms with van der Waals surface area (Å²) in [5.74, 6) is 2.23. The first-order valence-corrected chi connectivity index (χ1v) is 8.86. The van der Waals surface area contributed by atoms with E-state index in [0.29, 0.717) is 51.5 Å². The number of hydrogen-bond donors (Lipinski definition) is 1. The van der Waals surface area contributed by atoms with E-state index in [1.54, 1.807) is 33.5 Å². The molecule has 1 aliphatic rings. The van der Waals surface area contributed by atoms with E-state index in [0.717, 1.165) is 5.56 Å². The highest BCUT2D eigenvalue weighted by Gasteiger charge is 2.31. The van der Waals surface area contributed by atoms with Gasteiger partial charge in [-0.05, 0) is 30.3 Å². The van der Waals surface area contributed by atoms with Gasteiger partial charge in [-0.15, -0.1) is 0 Å². The van der Waals surface area contributed by atoms with Crippen molar-refractivity contribution in [1.82, 2.24) is 0 Å². The number of aliphatic hydroxyl groups excluding tert-OH is 1. The number of hydrogen-bond acceptors (Lipinski definition) is 6. The summed E-state index contributed by atoms with van der Waals surface area (Å²) in [6.07, 6.45) is 0.610. The third kappa shape index (κ3) is 2.78. The Labute approximate surface area is 161 Å². The Kier molecular flexibility index (Phi) is 4.47. The summed E-state index contributed by atoms with van der Waals surface area (Å²) in [6, 6.07) is 10.8. The van der Waals surface area contributed by atoms with Crippen LogP contribution in [-0.2, 0) is 4.79 Å². The maximum absolute atomic E-state index is 12.6. The number of aliphatic hydroxyl groups is 1. The molecule has 1 aliphatic carbocycles. The van der Waals surface area contributed by atoms with E-state index in [1.807, 2.05) is 24.3 Å². The van der Waals surface area contributed by atoms with Crippen LogP contribution in [0.2, 0.25) is 0 Å². The zero-order valence-electron chi connectivity index (χ0n) is 15.9. The summed E-state index contributed by atoms with van der Waals surface area (Å²) in [5.41, 5.74) is 2.18. The van der Waals surface area contributed by atoms with Crippen molar-refractivity contribution in [1.29, 1.82) is 0 Å². The summed E-state index contributed by atoms with van der Waals surface area (Å²) in [7, 11) is 4.69. The minimum Gasteiger partial charge on any atom is -0.512 e. The van der Waals surface area contributed by atoms with Gasteiger partial charge in [0.1, 0.15) is 22.9 Å². The average Bonchev–Trinajstić information content (AvgIpc) is 3.25. The summed E-state index contributed by atoms with van der Waals surface area (Å²) in [5, 5.41) is 11.1. The molecule has 0 saturated heterocycles. The monoisotopic (exact) mass is 380 g/mol. The fourth-order valence-electron chi connectivity index (χ4n) is 3.54. The fraction of sp³-hybridized carbons (Fsp3) is 0.227. The Balaban J connectivity index is 2.03. The second kappa shape index (κ2) is 6.96. The predicted octanol–water partition coefficient (Wildman–Crippen LogP) is 4.76. The lowest BCUT2D eigenvalue weighted by molar-refractivity contribution is -0.113. The van der Waals surface area contributed by atoms with Crippen LogP contribution >= 0.6 is 0 Å². The van der Waals surface area contributed by atoms with Gasteiger partial charge in [-0.1, -0.05) is 0 Å². The number of allylic oxidation sites excluding steroid dienone is 2. The molecule has 2 aromatic carbocycles. The van der Waals surface area contributed by atoms with Crippen molar-refractivity contribution in [3.8, 4) is 28.6 Å². The van der Waals surface area contributed by atoms with Crippen LogP contribution in [0.5, 0.6) is 17.2 Å². The molecule has 0 spiro atoms. The zero-order valence-corrected chi connectivity index (χ0v) is 15.9. The SMILES string of the molecule is COc1ccc(-c2oc3cc(OC)c(OC)cc3c2C2=C(O)CCC2=O)cc1. The normalized spacial score (nSPS) is 14.0. The van der Waals surface area contributed by atoms with Crippen molar-refractivity contribution >= 4 is 22.3 Å². The molecule has 28 heavy (non-hydrogen) atoms. The maximum Gasteiger partial charge on any atom is 0.167 e. The first-order chi connectivity index (χ1) is 13.6. The van der Waals surface area contributed by atoms with Crippen molar-refractivity contribution in [3.05, 3.63) is 47.7 Å². The Morgan fingerprint density at radius 1 is 0.929 bits per heavy atom. The van der Waals surface area contributed by atoms with Crippen LogP contribution in [0.1, 0.15) is 18.4 Å². The van der Waals surface area contributed by atoms with Crippen molar-refractivity contribution in [2.24, 2.45) is 0 Å². The standard InChI is InChI=1S/C22H20O6/c1-25-13-6-4-12(5-7-13)22-20(21-15(23)8-9-16(21)24)14-10-18(26-2)19(27-3)11-17(14)28-22/h4-7,10-11,23H,8-9H2,1-3H3. The van der Waals surface area contributed by atoms with E-state index in [9.17, 15) is 9.90 Å². The average molecular weight is 380 g/mol. The molecule has 0 atom stereocenters. The van der Waals surface area contributed by atoms with Gasteiger partial charge in [0, 0.05) is 35.4 Å². The number of fused-ring (bicyclic) bond motifs is 1. The van der Waals surface area contributed by atoms with Gasteiger partial charge < -0.3 is 23.7 Å². The van der Waals surface area contributed by atoms with Crippen LogP contribution < -0.4 is 14.2 Å². The van der Waals surface area contributed by atoms with Crippen molar-refractivity contribution in [2.45, 2.75) is 12.8 Å². The summed E-state index contributed by atoms with van der Waals surface area (Å²) < 4.78 is 22.1. The highest BCUT2D eigenvalue weighted by atomic mass is 16.5. The van der Waals surface area contributed by atoms with Gasteiger partial charge in [-0.3, -0.25) is 4.79 Å². The Bertz CT molecular complexity index is 1090. The van der Waals surface area contributed by atoms with Gasteiger partial charge in [-0.2, -0.15) is 0 Å². The van der Waals surface area contributed by atoms with Gasteiger partial charge in [0.05, 0.1) is 26.9 Å². The van der Waals surface area contributed by atoms with E-state index >= 15 is 0 Å². The molecule has 0 fully saturated rings. The number of ketones is 1. The van der Waals surface area contributed by atoms with E-state index in [1.165, 1.54) is 0 Å². The third-order valence-electron chi connectivity index (χ3n) is 4.95. The van der Waals surface area contributed by atoms with Crippen LogP contribution in [-0.4, -0.2) is 32.2 Å². The first kappa shape index (κ1) is 18.0. The molecule has 0 bridgehead atoms. The molecule has 0 saturated carbocycles. The third-order valence-corrected chi connectivity index (χ3v) is 4.95.